The van der Waals surface area contributed by atoms with Gasteiger partial charge in [-0.2, -0.15) is 13.2 Å². The Labute approximate surface area is 128 Å². The summed E-state index contributed by atoms with van der Waals surface area (Å²) in [5.41, 5.74) is -2.08. The zero-order chi connectivity index (χ0) is 17.0. The van der Waals surface area contributed by atoms with Crippen molar-refractivity contribution in [2.75, 3.05) is 5.32 Å². The topological polar surface area (TPSA) is 76.0 Å². The van der Waals surface area contributed by atoms with Crippen LogP contribution in [0.2, 0.25) is 0 Å². The number of carbonyl (C=O) groups is 2. The molecule has 3 rings (SSSR count). The van der Waals surface area contributed by atoms with Gasteiger partial charge in [0.05, 0.1) is 11.0 Å². The second-order valence-corrected chi connectivity index (χ2v) is 5.28. The molecule has 2 amide bonds. The summed E-state index contributed by atoms with van der Waals surface area (Å²) in [5, 5.41) is 3.95. The lowest BCUT2D eigenvalue weighted by molar-refractivity contribution is -0.217. The Morgan fingerprint density at radius 1 is 1.43 bits per heavy atom. The van der Waals surface area contributed by atoms with E-state index in [1.165, 1.54) is 13.0 Å². The number of anilines is 1. The molecule has 1 aliphatic rings. The number of benzene rings is 1. The largest absolute Gasteiger partial charge is 0.440 e. The Bertz CT molecular complexity index is 827. The summed E-state index contributed by atoms with van der Waals surface area (Å²) in [6.07, 6.45) is -5.23. The maximum Gasteiger partial charge on any atom is 0.440 e. The first-order valence-electron chi connectivity index (χ1n) is 6.90. The van der Waals surface area contributed by atoms with Gasteiger partial charge >= 0.3 is 6.18 Å². The third-order valence-electron chi connectivity index (χ3n) is 3.83. The van der Waals surface area contributed by atoms with E-state index in [-0.39, 0.29) is 17.9 Å². The van der Waals surface area contributed by atoms with Crippen molar-refractivity contribution in [1.82, 2.24) is 14.9 Å². The minimum atomic E-state index is -5.04. The average molecular weight is 326 g/mol. The number of amides is 2. The van der Waals surface area contributed by atoms with Gasteiger partial charge in [-0.1, -0.05) is 19.1 Å². The number of para-hydroxylation sites is 1. The Kier molecular flexibility index (Phi) is 3.13. The molecule has 0 radical (unpaired) electrons. The molecule has 1 atom stereocenters. The highest BCUT2D eigenvalue weighted by Crippen LogP contribution is 2.44. The Balaban J connectivity index is 2.35. The highest BCUT2D eigenvalue weighted by Gasteiger charge is 2.67. The first-order chi connectivity index (χ1) is 10.7. The summed E-state index contributed by atoms with van der Waals surface area (Å²) in [6.45, 7) is 3.11. The van der Waals surface area contributed by atoms with Crippen LogP contribution in [0.25, 0.3) is 11.0 Å². The maximum absolute atomic E-state index is 13.8. The monoisotopic (exact) mass is 326 g/mol. The summed E-state index contributed by atoms with van der Waals surface area (Å²) >= 11 is 0. The van der Waals surface area contributed by atoms with Gasteiger partial charge in [-0.05, 0) is 18.6 Å². The normalized spacial score (nSPS) is 20.5. The van der Waals surface area contributed by atoms with Gasteiger partial charge in [0.2, 0.25) is 11.9 Å². The van der Waals surface area contributed by atoms with Gasteiger partial charge < -0.3 is 5.32 Å². The molecule has 2 aromatic rings. The van der Waals surface area contributed by atoms with Crippen LogP contribution in [0.5, 0.6) is 0 Å². The van der Waals surface area contributed by atoms with Crippen molar-refractivity contribution < 1.29 is 22.8 Å². The first-order valence-corrected chi connectivity index (χ1v) is 6.90. The van der Waals surface area contributed by atoms with Gasteiger partial charge in [0.25, 0.3) is 11.6 Å². The van der Waals surface area contributed by atoms with Gasteiger partial charge in [-0.25, -0.2) is 4.98 Å². The number of nitrogens with one attached hydrogen (secondary N) is 2. The predicted octanol–water partition coefficient (Wildman–Crippen LogP) is 2.04. The number of nitrogens with zero attached hydrogens (tertiary/aromatic N) is 2. The fourth-order valence-electron chi connectivity index (χ4n) is 2.69. The molecule has 0 saturated carbocycles. The van der Waals surface area contributed by atoms with E-state index in [4.69, 9.17) is 0 Å². The highest BCUT2D eigenvalue weighted by atomic mass is 19.4. The Hall–Kier alpha value is -2.58. The second-order valence-electron chi connectivity index (χ2n) is 5.28. The van der Waals surface area contributed by atoms with Crippen LogP contribution in [0, 0.1) is 6.92 Å². The molecule has 0 spiro atoms. The van der Waals surface area contributed by atoms with Crippen LogP contribution in [0.15, 0.2) is 18.2 Å². The number of hydrogen-bond acceptors (Lipinski definition) is 3. The number of fused-ring (bicyclic) bond motifs is 3. The van der Waals surface area contributed by atoms with Gasteiger partial charge in [-0.3, -0.25) is 19.5 Å². The lowest BCUT2D eigenvalue weighted by Crippen LogP contribution is -2.63. The molecule has 2 heterocycles. The van der Waals surface area contributed by atoms with Gasteiger partial charge in [0.15, 0.2) is 0 Å². The van der Waals surface area contributed by atoms with Gasteiger partial charge in [-0.15, -0.1) is 0 Å². The molecule has 0 fully saturated rings. The SMILES string of the molecule is CCC(=O)NC1(C(F)(F)F)C(=O)Nc2nc3c(C)cccc3n21. The number of carbonyl (C=O) groups excluding carboxylic acids is 2. The summed E-state index contributed by atoms with van der Waals surface area (Å²) in [5.74, 6) is -2.51. The number of aryl methyl sites for hydroxylation is 1. The molecule has 1 aromatic heterocycles. The van der Waals surface area contributed by atoms with E-state index in [0.717, 1.165) is 0 Å². The number of hydrogen-bond donors (Lipinski definition) is 2. The van der Waals surface area contributed by atoms with E-state index < -0.39 is 23.7 Å². The molecule has 1 unspecified atom stereocenters. The van der Waals surface area contributed by atoms with Crippen LogP contribution < -0.4 is 10.6 Å². The minimum Gasteiger partial charge on any atom is -0.317 e. The molecular weight excluding hydrogens is 313 g/mol. The van der Waals surface area contributed by atoms with E-state index in [1.54, 1.807) is 19.1 Å². The number of alkyl halides is 3. The molecule has 2 N–H and O–H groups in total. The smallest absolute Gasteiger partial charge is 0.317 e. The fourth-order valence-corrected chi connectivity index (χ4v) is 2.69. The number of halogens is 3. The van der Waals surface area contributed by atoms with Crippen molar-refractivity contribution in [2.45, 2.75) is 32.1 Å². The average Bonchev–Trinajstić information content (AvgIpc) is 2.95. The van der Waals surface area contributed by atoms with Crippen molar-refractivity contribution >= 4 is 28.8 Å². The minimum absolute atomic E-state index is 0.118. The van der Waals surface area contributed by atoms with Crippen LogP contribution in [0.1, 0.15) is 18.9 Å². The third-order valence-corrected chi connectivity index (χ3v) is 3.83. The molecule has 122 valence electrons. The molecule has 0 aliphatic carbocycles. The highest BCUT2D eigenvalue weighted by molar-refractivity contribution is 6.05. The fraction of sp³-hybridized carbons (Fsp3) is 0.357. The molecule has 1 aliphatic heterocycles. The molecule has 23 heavy (non-hydrogen) atoms. The molecule has 0 saturated heterocycles. The van der Waals surface area contributed by atoms with E-state index in [0.29, 0.717) is 15.6 Å². The predicted molar refractivity (Wildman–Crippen MR) is 75.6 cm³/mol. The zero-order valence-corrected chi connectivity index (χ0v) is 12.3. The summed E-state index contributed by atoms with van der Waals surface area (Å²) in [4.78, 5) is 27.9. The number of rotatable bonds is 2. The van der Waals surface area contributed by atoms with Crippen molar-refractivity contribution in [3.63, 3.8) is 0 Å². The van der Waals surface area contributed by atoms with E-state index in [1.807, 2.05) is 5.32 Å². The van der Waals surface area contributed by atoms with E-state index in [2.05, 4.69) is 10.3 Å². The quantitative estimate of drug-likeness (QED) is 0.887. The maximum atomic E-state index is 13.8. The summed E-state index contributed by atoms with van der Waals surface area (Å²) in [7, 11) is 0. The van der Waals surface area contributed by atoms with Gasteiger partial charge in [0, 0.05) is 6.42 Å². The van der Waals surface area contributed by atoms with Crippen LogP contribution >= 0.6 is 0 Å². The number of aromatic nitrogens is 2. The molecular formula is C14H13F3N4O2. The lowest BCUT2D eigenvalue weighted by atomic mass is 10.1. The molecule has 0 bridgehead atoms. The molecule has 1 aromatic carbocycles. The second kappa shape index (κ2) is 4.71. The van der Waals surface area contributed by atoms with Crippen LogP contribution in [-0.4, -0.2) is 27.5 Å². The standard InChI is InChI=1S/C14H13F3N4O2/c1-3-9(22)20-13(14(15,16)17)11(23)19-12-18-10-7(2)5-4-6-8(10)21(12)13/h4-6H,3H2,1-2H3,(H,20,22)(H,18,19,23). The van der Waals surface area contributed by atoms with Crippen LogP contribution in [-0.2, 0) is 15.3 Å². The van der Waals surface area contributed by atoms with Crippen LogP contribution in [0.3, 0.4) is 0 Å². The van der Waals surface area contributed by atoms with E-state index >= 15 is 0 Å². The first kappa shape index (κ1) is 15.3. The van der Waals surface area contributed by atoms with E-state index in [9.17, 15) is 22.8 Å². The molecule has 6 nitrogen and oxygen atoms in total. The zero-order valence-electron chi connectivity index (χ0n) is 12.3. The summed E-state index contributed by atoms with van der Waals surface area (Å²) < 4.78 is 42.2. The third kappa shape index (κ3) is 1.92. The van der Waals surface area contributed by atoms with Crippen molar-refractivity contribution in [1.29, 1.82) is 0 Å². The molecule has 9 heteroatoms. The number of imidazole rings is 1. The van der Waals surface area contributed by atoms with Crippen molar-refractivity contribution in [3.05, 3.63) is 23.8 Å². The van der Waals surface area contributed by atoms with Crippen LogP contribution in [0.4, 0.5) is 19.1 Å². The Morgan fingerprint density at radius 3 is 2.74 bits per heavy atom. The Morgan fingerprint density at radius 2 is 2.13 bits per heavy atom. The summed E-state index contributed by atoms with van der Waals surface area (Å²) in [6, 6.07) is 4.70. The van der Waals surface area contributed by atoms with Crippen molar-refractivity contribution in [3.8, 4) is 0 Å². The van der Waals surface area contributed by atoms with Gasteiger partial charge in [0.1, 0.15) is 0 Å². The van der Waals surface area contributed by atoms with Crippen molar-refractivity contribution in [2.24, 2.45) is 0 Å². The lowest BCUT2D eigenvalue weighted by Gasteiger charge is -2.31.